The van der Waals surface area contributed by atoms with Crippen molar-refractivity contribution in [2.24, 2.45) is 5.92 Å². The summed E-state index contributed by atoms with van der Waals surface area (Å²) in [6.07, 6.45) is 0.697. The van der Waals surface area contributed by atoms with Crippen LogP contribution >= 0.6 is 0 Å². The zero-order chi connectivity index (χ0) is 22.5. The van der Waals surface area contributed by atoms with E-state index in [1.807, 2.05) is 36.4 Å². The van der Waals surface area contributed by atoms with Gasteiger partial charge in [0.15, 0.2) is 0 Å². The van der Waals surface area contributed by atoms with Crippen molar-refractivity contribution in [3.63, 3.8) is 0 Å². The van der Waals surface area contributed by atoms with Crippen molar-refractivity contribution in [1.82, 2.24) is 4.90 Å². The molecule has 0 aromatic heterocycles. The van der Waals surface area contributed by atoms with E-state index in [9.17, 15) is 13.6 Å². The summed E-state index contributed by atoms with van der Waals surface area (Å²) >= 11 is 0. The van der Waals surface area contributed by atoms with Gasteiger partial charge < -0.3 is 10.1 Å². The van der Waals surface area contributed by atoms with Crippen molar-refractivity contribution < 1.29 is 18.3 Å². The van der Waals surface area contributed by atoms with Gasteiger partial charge in [0.2, 0.25) is 5.91 Å². The highest BCUT2D eigenvalue weighted by molar-refractivity contribution is 5.93. The van der Waals surface area contributed by atoms with Crippen LogP contribution in [-0.2, 0) is 11.3 Å². The number of hydrogen-bond acceptors (Lipinski definition) is 3. The molecule has 1 amide bonds. The van der Waals surface area contributed by atoms with Crippen LogP contribution in [0.15, 0.2) is 72.8 Å². The van der Waals surface area contributed by atoms with Crippen LogP contribution in [0.4, 0.5) is 14.5 Å². The van der Waals surface area contributed by atoms with Gasteiger partial charge >= 0.3 is 0 Å². The molecule has 1 fully saturated rings. The maximum absolute atomic E-state index is 14.3. The van der Waals surface area contributed by atoms with Gasteiger partial charge in [-0.05, 0) is 36.1 Å². The van der Waals surface area contributed by atoms with E-state index in [1.165, 1.54) is 12.1 Å². The van der Waals surface area contributed by atoms with Gasteiger partial charge in [0, 0.05) is 43.0 Å². The van der Waals surface area contributed by atoms with E-state index in [4.69, 9.17) is 4.74 Å². The topological polar surface area (TPSA) is 41.6 Å². The van der Waals surface area contributed by atoms with Crippen molar-refractivity contribution in [2.45, 2.75) is 18.9 Å². The van der Waals surface area contributed by atoms with Gasteiger partial charge in [-0.15, -0.1) is 0 Å². The maximum Gasteiger partial charge on any atom is 0.228 e. The smallest absolute Gasteiger partial charge is 0.228 e. The Hall–Kier alpha value is -3.25. The average Bonchev–Trinajstić information content (AvgIpc) is 2.81. The predicted octanol–water partition coefficient (Wildman–Crippen LogP) is 5.22. The Morgan fingerprint density at radius 2 is 1.84 bits per heavy atom. The number of carbonyl (C=O) groups is 1. The SMILES string of the molecule is COc1cccc(NC(=O)[C@H]2C[C@H](c3ccccc3)CN(Cc3ccc(F)cc3F)C2)c1. The van der Waals surface area contributed by atoms with Gasteiger partial charge in [0.25, 0.3) is 0 Å². The Morgan fingerprint density at radius 3 is 2.59 bits per heavy atom. The average molecular weight is 437 g/mol. The van der Waals surface area contributed by atoms with Crippen molar-refractivity contribution in [3.05, 3.63) is 95.6 Å². The third-order valence-corrected chi connectivity index (χ3v) is 5.91. The molecule has 32 heavy (non-hydrogen) atoms. The molecule has 6 heteroatoms. The van der Waals surface area contributed by atoms with Crippen molar-refractivity contribution >= 4 is 11.6 Å². The van der Waals surface area contributed by atoms with E-state index in [2.05, 4.69) is 22.3 Å². The fourth-order valence-corrected chi connectivity index (χ4v) is 4.31. The summed E-state index contributed by atoms with van der Waals surface area (Å²) in [5.41, 5.74) is 2.25. The molecule has 1 aliphatic heterocycles. The number of amides is 1. The summed E-state index contributed by atoms with van der Waals surface area (Å²) in [5, 5.41) is 2.99. The molecule has 1 heterocycles. The molecular formula is C26H26F2N2O2. The van der Waals surface area contributed by atoms with E-state index in [-0.39, 0.29) is 17.7 Å². The lowest BCUT2D eigenvalue weighted by atomic mass is 9.84. The first-order valence-corrected chi connectivity index (χ1v) is 10.7. The Kier molecular flexibility index (Phi) is 6.81. The fraction of sp³-hybridized carbons (Fsp3) is 0.269. The molecule has 1 aliphatic rings. The molecule has 3 aromatic rings. The van der Waals surface area contributed by atoms with Gasteiger partial charge in [0.05, 0.1) is 13.0 Å². The molecule has 4 rings (SSSR count). The van der Waals surface area contributed by atoms with Crippen LogP contribution in [-0.4, -0.2) is 31.0 Å². The number of ether oxygens (including phenoxy) is 1. The number of methoxy groups -OCH3 is 1. The number of halogens is 2. The van der Waals surface area contributed by atoms with Crippen LogP contribution in [0.25, 0.3) is 0 Å². The summed E-state index contributed by atoms with van der Waals surface area (Å²) in [7, 11) is 1.58. The summed E-state index contributed by atoms with van der Waals surface area (Å²) in [6, 6.07) is 20.9. The molecule has 1 N–H and O–H groups in total. The highest BCUT2D eigenvalue weighted by atomic mass is 19.1. The zero-order valence-electron chi connectivity index (χ0n) is 17.9. The van der Waals surface area contributed by atoms with Crippen molar-refractivity contribution in [1.29, 1.82) is 0 Å². The third kappa shape index (κ3) is 5.32. The summed E-state index contributed by atoms with van der Waals surface area (Å²) in [5.74, 6) is -0.713. The molecule has 0 bridgehead atoms. The second kappa shape index (κ2) is 9.92. The fourth-order valence-electron chi connectivity index (χ4n) is 4.31. The zero-order valence-corrected chi connectivity index (χ0v) is 17.9. The molecule has 0 spiro atoms. The van der Waals surface area contributed by atoms with Crippen LogP contribution in [0, 0.1) is 17.6 Å². The van der Waals surface area contributed by atoms with E-state index < -0.39 is 11.6 Å². The van der Waals surface area contributed by atoms with Gasteiger partial charge in [-0.2, -0.15) is 0 Å². The lowest BCUT2D eigenvalue weighted by Crippen LogP contribution is -2.43. The minimum absolute atomic E-state index is 0.0801. The first-order chi connectivity index (χ1) is 15.5. The largest absolute Gasteiger partial charge is 0.497 e. The minimum atomic E-state index is -0.595. The Morgan fingerprint density at radius 1 is 1.03 bits per heavy atom. The van der Waals surface area contributed by atoms with Gasteiger partial charge in [0.1, 0.15) is 17.4 Å². The molecule has 166 valence electrons. The van der Waals surface area contributed by atoms with Crippen LogP contribution in [0.5, 0.6) is 5.75 Å². The summed E-state index contributed by atoms with van der Waals surface area (Å²) in [6.45, 7) is 1.51. The Labute approximate surface area is 186 Å². The number of rotatable bonds is 6. The predicted molar refractivity (Wildman–Crippen MR) is 121 cm³/mol. The quantitative estimate of drug-likeness (QED) is 0.576. The molecule has 0 saturated carbocycles. The second-order valence-electron chi connectivity index (χ2n) is 8.19. The van der Waals surface area contributed by atoms with Crippen molar-refractivity contribution in [3.8, 4) is 5.75 Å². The normalized spacial score (nSPS) is 18.8. The highest BCUT2D eigenvalue weighted by Crippen LogP contribution is 2.32. The van der Waals surface area contributed by atoms with E-state index in [0.717, 1.165) is 11.6 Å². The number of carbonyl (C=O) groups excluding carboxylic acids is 1. The van der Waals surface area contributed by atoms with Crippen LogP contribution in [0.1, 0.15) is 23.5 Å². The molecular weight excluding hydrogens is 410 g/mol. The molecule has 0 radical (unpaired) electrons. The summed E-state index contributed by atoms with van der Waals surface area (Å²) in [4.78, 5) is 15.2. The van der Waals surface area contributed by atoms with Crippen molar-refractivity contribution in [2.75, 3.05) is 25.5 Å². The lowest BCUT2D eigenvalue weighted by molar-refractivity contribution is -0.121. The van der Waals surface area contributed by atoms with E-state index in [0.29, 0.717) is 43.1 Å². The monoisotopic (exact) mass is 436 g/mol. The second-order valence-corrected chi connectivity index (χ2v) is 8.19. The maximum atomic E-state index is 14.3. The van der Waals surface area contributed by atoms with Crippen LogP contribution < -0.4 is 10.1 Å². The van der Waals surface area contributed by atoms with E-state index >= 15 is 0 Å². The number of nitrogens with zero attached hydrogens (tertiary/aromatic N) is 1. The van der Waals surface area contributed by atoms with Crippen LogP contribution in [0.3, 0.4) is 0 Å². The van der Waals surface area contributed by atoms with Gasteiger partial charge in [-0.1, -0.05) is 42.5 Å². The molecule has 0 unspecified atom stereocenters. The molecule has 0 aliphatic carbocycles. The summed E-state index contributed by atoms with van der Waals surface area (Å²) < 4.78 is 32.8. The standard InChI is InChI=1S/C26H26F2N2O2/c1-32-24-9-5-8-23(14-24)29-26(31)21-12-20(18-6-3-2-4-7-18)16-30(17-21)15-19-10-11-22(27)13-25(19)28/h2-11,13-14,20-21H,12,15-17H2,1H3,(H,29,31)/t20-,21-/m0/s1. The first kappa shape index (κ1) is 22.0. The Balaban J connectivity index is 1.54. The number of anilines is 1. The Bertz CT molecular complexity index is 1070. The van der Waals surface area contributed by atoms with E-state index in [1.54, 1.807) is 13.2 Å². The molecule has 3 aromatic carbocycles. The van der Waals surface area contributed by atoms with Crippen LogP contribution in [0.2, 0.25) is 0 Å². The number of piperidine rings is 1. The molecule has 4 nitrogen and oxygen atoms in total. The third-order valence-electron chi connectivity index (χ3n) is 5.91. The lowest BCUT2D eigenvalue weighted by Gasteiger charge is -2.37. The first-order valence-electron chi connectivity index (χ1n) is 10.7. The molecule has 1 saturated heterocycles. The number of benzene rings is 3. The highest BCUT2D eigenvalue weighted by Gasteiger charge is 2.32. The number of likely N-dealkylation sites (tertiary alicyclic amines) is 1. The minimum Gasteiger partial charge on any atom is -0.497 e. The molecule has 2 atom stereocenters. The van der Waals surface area contributed by atoms with Gasteiger partial charge in [-0.25, -0.2) is 8.78 Å². The number of hydrogen-bond donors (Lipinski definition) is 1. The van der Waals surface area contributed by atoms with Gasteiger partial charge in [-0.3, -0.25) is 9.69 Å². The number of nitrogens with one attached hydrogen (secondary N) is 1.